The summed E-state index contributed by atoms with van der Waals surface area (Å²) >= 11 is 0. The van der Waals surface area contributed by atoms with Crippen molar-refractivity contribution in [3.63, 3.8) is 0 Å². The Labute approximate surface area is 68.3 Å². The van der Waals surface area contributed by atoms with Crippen LogP contribution in [0.25, 0.3) is 0 Å². The smallest absolute Gasteiger partial charge is 0.157 e. The van der Waals surface area contributed by atoms with Gasteiger partial charge in [0.1, 0.15) is 0 Å². The van der Waals surface area contributed by atoms with Crippen LogP contribution in [0.5, 0.6) is 0 Å². The molecule has 1 saturated heterocycles. The van der Waals surface area contributed by atoms with E-state index in [1.54, 1.807) is 7.11 Å². The average molecular weight is 159 g/mol. The molecule has 0 bridgehead atoms. The number of hydrogen-bond donors (Lipinski definition) is 0. The molecule has 0 N–H and O–H groups in total. The molecule has 1 aliphatic rings. The zero-order chi connectivity index (χ0) is 8.27. The predicted molar refractivity (Wildman–Crippen MR) is 43.5 cm³/mol. The van der Waals surface area contributed by atoms with E-state index in [0.717, 1.165) is 13.0 Å². The summed E-state index contributed by atoms with van der Waals surface area (Å²) in [7, 11) is 5.86. The number of nitrogens with zero attached hydrogens (tertiary/aromatic N) is 1. The van der Waals surface area contributed by atoms with Crippen LogP contribution in [0.2, 0.25) is 0 Å². The van der Waals surface area contributed by atoms with Crippen molar-refractivity contribution in [2.75, 3.05) is 27.8 Å². The highest BCUT2D eigenvalue weighted by Gasteiger charge is 2.22. The lowest BCUT2D eigenvalue weighted by Gasteiger charge is -2.31. The van der Waals surface area contributed by atoms with Crippen molar-refractivity contribution in [2.24, 2.45) is 0 Å². The van der Waals surface area contributed by atoms with E-state index in [2.05, 4.69) is 19.0 Å². The molecule has 0 aromatic rings. The maximum Gasteiger partial charge on any atom is 0.157 e. The molecule has 0 amide bonds. The molecule has 2 unspecified atom stereocenters. The summed E-state index contributed by atoms with van der Waals surface area (Å²) in [5.41, 5.74) is 0. The van der Waals surface area contributed by atoms with Gasteiger partial charge in [-0.15, -0.1) is 0 Å². The Morgan fingerprint density at radius 1 is 1.36 bits per heavy atom. The van der Waals surface area contributed by atoms with Gasteiger partial charge in [-0.1, -0.05) is 0 Å². The van der Waals surface area contributed by atoms with E-state index >= 15 is 0 Å². The highest BCUT2D eigenvalue weighted by Crippen LogP contribution is 2.16. The monoisotopic (exact) mass is 159 g/mol. The van der Waals surface area contributed by atoms with Crippen LogP contribution >= 0.6 is 0 Å². The molecule has 0 spiro atoms. The van der Waals surface area contributed by atoms with Gasteiger partial charge in [0.25, 0.3) is 0 Å². The molecule has 3 nitrogen and oxygen atoms in total. The van der Waals surface area contributed by atoms with E-state index in [-0.39, 0.29) is 6.29 Å². The van der Waals surface area contributed by atoms with Gasteiger partial charge in [0.15, 0.2) is 6.29 Å². The van der Waals surface area contributed by atoms with Crippen LogP contribution in [0.4, 0.5) is 0 Å². The highest BCUT2D eigenvalue weighted by atomic mass is 16.7. The van der Waals surface area contributed by atoms with Gasteiger partial charge in [-0.2, -0.15) is 0 Å². The molecule has 0 radical (unpaired) electrons. The molecule has 1 heterocycles. The Hall–Kier alpha value is -0.120. The van der Waals surface area contributed by atoms with Crippen LogP contribution in [0, 0.1) is 0 Å². The molecular formula is C8H17NO2. The second-order valence-corrected chi connectivity index (χ2v) is 3.19. The maximum absolute atomic E-state index is 5.44. The van der Waals surface area contributed by atoms with Crippen molar-refractivity contribution in [3.05, 3.63) is 0 Å². The summed E-state index contributed by atoms with van der Waals surface area (Å²) in [4.78, 5) is 2.20. The molecule has 3 heteroatoms. The third-order valence-corrected chi connectivity index (χ3v) is 2.20. The van der Waals surface area contributed by atoms with E-state index < -0.39 is 0 Å². The molecule has 0 aliphatic carbocycles. The summed E-state index contributed by atoms with van der Waals surface area (Å²) in [5, 5.41) is 0. The Kier molecular flexibility index (Phi) is 3.30. The SMILES string of the molecule is COC1CCC(N(C)C)CO1. The quantitative estimate of drug-likeness (QED) is 0.592. The third kappa shape index (κ3) is 2.43. The Morgan fingerprint density at radius 2 is 2.09 bits per heavy atom. The summed E-state index contributed by atoms with van der Waals surface area (Å²) in [6.45, 7) is 0.797. The van der Waals surface area contributed by atoms with Gasteiger partial charge in [0, 0.05) is 13.2 Å². The minimum Gasteiger partial charge on any atom is -0.356 e. The van der Waals surface area contributed by atoms with Gasteiger partial charge in [0.05, 0.1) is 6.61 Å². The predicted octanol–water partition coefficient (Wildman–Crippen LogP) is 0.700. The minimum atomic E-state index is 0.0335. The number of rotatable bonds is 2. The summed E-state index contributed by atoms with van der Waals surface area (Å²) in [6, 6.07) is 0.571. The highest BCUT2D eigenvalue weighted by molar-refractivity contribution is 4.70. The second-order valence-electron chi connectivity index (χ2n) is 3.19. The molecule has 1 rings (SSSR count). The minimum absolute atomic E-state index is 0.0335. The molecule has 0 aromatic carbocycles. The first-order valence-electron chi connectivity index (χ1n) is 4.05. The molecule has 2 atom stereocenters. The van der Waals surface area contributed by atoms with Gasteiger partial charge in [-0.25, -0.2) is 0 Å². The Morgan fingerprint density at radius 3 is 2.45 bits per heavy atom. The van der Waals surface area contributed by atoms with Crippen molar-refractivity contribution in [3.8, 4) is 0 Å². The van der Waals surface area contributed by atoms with E-state index in [0.29, 0.717) is 6.04 Å². The standard InChI is InChI=1S/C8H17NO2/c1-9(2)7-4-5-8(10-3)11-6-7/h7-8H,4-6H2,1-3H3. The zero-order valence-electron chi connectivity index (χ0n) is 7.54. The van der Waals surface area contributed by atoms with E-state index in [4.69, 9.17) is 9.47 Å². The van der Waals surface area contributed by atoms with Gasteiger partial charge in [-0.3, -0.25) is 0 Å². The number of hydrogen-bond acceptors (Lipinski definition) is 3. The zero-order valence-corrected chi connectivity index (χ0v) is 7.54. The lowest BCUT2D eigenvalue weighted by atomic mass is 10.1. The Bertz CT molecular complexity index is 109. The molecule has 0 aromatic heterocycles. The lowest BCUT2D eigenvalue weighted by molar-refractivity contribution is -0.160. The largest absolute Gasteiger partial charge is 0.356 e. The summed E-state index contributed by atoms with van der Waals surface area (Å²) in [6.07, 6.45) is 2.22. The summed E-state index contributed by atoms with van der Waals surface area (Å²) < 4.78 is 10.5. The normalized spacial score (nSPS) is 32.7. The van der Waals surface area contributed by atoms with Gasteiger partial charge in [-0.05, 0) is 26.9 Å². The lowest BCUT2D eigenvalue weighted by Crippen LogP contribution is -2.39. The van der Waals surface area contributed by atoms with Crippen molar-refractivity contribution < 1.29 is 9.47 Å². The van der Waals surface area contributed by atoms with E-state index in [9.17, 15) is 0 Å². The van der Waals surface area contributed by atoms with Crippen LogP contribution in [0.3, 0.4) is 0 Å². The summed E-state index contributed by atoms with van der Waals surface area (Å²) in [5.74, 6) is 0. The molecule has 0 saturated carbocycles. The van der Waals surface area contributed by atoms with Crippen molar-refractivity contribution in [2.45, 2.75) is 25.2 Å². The first-order chi connectivity index (χ1) is 5.24. The first-order valence-corrected chi connectivity index (χ1v) is 4.05. The van der Waals surface area contributed by atoms with Crippen LogP contribution in [0.15, 0.2) is 0 Å². The Balaban J connectivity index is 2.24. The van der Waals surface area contributed by atoms with Gasteiger partial charge in [0.2, 0.25) is 0 Å². The fourth-order valence-corrected chi connectivity index (χ4v) is 1.31. The van der Waals surface area contributed by atoms with E-state index in [1.165, 1.54) is 6.42 Å². The molecule has 66 valence electrons. The molecular weight excluding hydrogens is 142 g/mol. The third-order valence-electron chi connectivity index (χ3n) is 2.20. The molecule has 11 heavy (non-hydrogen) atoms. The first kappa shape index (κ1) is 8.97. The number of likely N-dealkylation sites (N-methyl/N-ethyl adjacent to an activating group) is 1. The maximum atomic E-state index is 5.44. The molecule has 1 fully saturated rings. The van der Waals surface area contributed by atoms with Gasteiger partial charge >= 0.3 is 0 Å². The van der Waals surface area contributed by atoms with Crippen LogP contribution < -0.4 is 0 Å². The van der Waals surface area contributed by atoms with Crippen molar-refractivity contribution in [1.82, 2.24) is 4.90 Å². The second kappa shape index (κ2) is 4.04. The topological polar surface area (TPSA) is 21.7 Å². The van der Waals surface area contributed by atoms with Crippen molar-refractivity contribution in [1.29, 1.82) is 0 Å². The van der Waals surface area contributed by atoms with Crippen LogP contribution in [-0.4, -0.2) is 45.0 Å². The van der Waals surface area contributed by atoms with Crippen LogP contribution in [-0.2, 0) is 9.47 Å². The number of methoxy groups -OCH3 is 1. The van der Waals surface area contributed by atoms with Crippen molar-refractivity contribution >= 4 is 0 Å². The van der Waals surface area contributed by atoms with E-state index in [1.807, 2.05) is 0 Å². The fraction of sp³-hybridized carbons (Fsp3) is 1.00. The molecule has 1 aliphatic heterocycles. The average Bonchev–Trinajstić information content (AvgIpc) is 2.05. The van der Waals surface area contributed by atoms with Gasteiger partial charge < -0.3 is 14.4 Å². The number of ether oxygens (including phenoxy) is 2. The van der Waals surface area contributed by atoms with Crippen LogP contribution in [0.1, 0.15) is 12.8 Å². The fourth-order valence-electron chi connectivity index (χ4n) is 1.31.